The number of rotatable bonds is 3. The summed E-state index contributed by atoms with van der Waals surface area (Å²) in [4.78, 5) is 11.8. The Morgan fingerprint density at radius 1 is 1.43 bits per heavy atom. The summed E-state index contributed by atoms with van der Waals surface area (Å²) in [6.07, 6.45) is 4.23. The molecule has 1 amide bonds. The summed E-state index contributed by atoms with van der Waals surface area (Å²) in [5, 5.41) is 11.5. The lowest BCUT2D eigenvalue weighted by molar-refractivity contribution is -0.117. The van der Waals surface area contributed by atoms with Gasteiger partial charge in [-0.15, -0.1) is 0 Å². The van der Waals surface area contributed by atoms with Crippen LogP contribution in [0.5, 0.6) is 0 Å². The summed E-state index contributed by atoms with van der Waals surface area (Å²) >= 11 is 0. The Kier molecular flexibility index (Phi) is 4.76. The van der Waals surface area contributed by atoms with Crippen LogP contribution in [0.15, 0.2) is 30.3 Å². The number of nitrogens with zero attached hydrogens (tertiary/aromatic N) is 1. The lowest BCUT2D eigenvalue weighted by atomic mass is 10.1. The summed E-state index contributed by atoms with van der Waals surface area (Å²) in [7, 11) is -3.03. The van der Waals surface area contributed by atoms with Crippen LogP contribution in [0.25, 0.3) is 6.08 Å². The molecule has 21 heavy (non-hydrogen) atoms. The number of benzene rings is 1. The maximum Gasteiger partial charge on any atom is 0.244 e. The van der Waals surface area contributed by atoms with Crippen LogP contribution in [0.1, 0.15) is 24.0 Å². The van der Waals surface area contributed by atoms with Crippen LogP contribution in [-0.2, 0) is 14.6 Å². The van der Waals surface area contributed by atoms with Crippen molar-refractivity contribution in [3.8, 4) is 6.07 Å². The third-order valence-electron chi connectivity index (χ3n) is 3.25. The summed E-state index contributed by atoms with van der Waals surface area (Å²) in [5.41, 5.74) is 1.27. The molecule has 5 nitrogen and oxygen atoms in total. The van der Waals surface area contributed by atoms with Gasteiger partial charge in [-0.05, 0) is 36.6 Å². The smallest absolute Gasteiger partial charge is 0.244 e. The minimum Gasteiger partial charge on any atom is -0.349 e. The second kappa shape index (κ2) is 6.55. The molecule has 1 fully saturated rings. The first-order valence-corrected chi connectivity index (χ1v) is 8.50. The maximum absolute atomic E-state index is 11.8. The van der Waals surface area contributed by atoms with Crippen LogP contribution in [0, 0.1) is 11.3 Å². The standard InChI is InChI=1S/C15H16N2O3S/c16-10-13-4-1-3-12(9-13)6-7-15(18)17-14-5-2-8-21(19,20)11-14/h1,3-4,6-7,9,14H,2,5,8,11H2,(H,17,18). The molecule has 1 unspecified atom stereocenters. The highest BCUT2D eigenvalue weighted by Crippen LogP contribution is 2.12. The van der Waals surface area contributed by atoms with Gasteiger partial charge in [0.1, 0.15) is 0 Å². The van der Waals surface area contributed by atoms with Crippen LogP contribution in [0.3, 0.4) is 0 Å². The third-order valence-corrected chi connectivity index (χ3v) is 5.07. The van der Waals surface area contributed by atoms with E-state index in [0.29, 0.717) is 18.4 Å². The van der Waals surface area contributed by atoms with E-state index in [0.717, 1.165) is 5.56 Å². The SMILES string of the molecule is N#Cc1cccc(C=CC(=O)NC2CCCS(=O)(=O)C2)c1. The average molecular weight is 304 g/mol. The van der Waals surface area contributed by atoms with Crippen molar-refractivity contribution in [2.45, 2.75) is 18.9 Å². The number of hydrogen-bond acceptors (Lipinski definition) is 4. The lowest BCUT2D eigenvalue weighted by Crippen LogP contribution is -2.42. The molecule has 1 heterocycles. The van der Waals surface area contributed by atoms with Gasteiger partial charge < -0.3 is 5.32 Å². The summed E-state index contributed by atoms with van der Waals surface area (Å²) in [5.74, 6) is -0.105. The fraction of sp³-hybridized carbons (Fsp3) is 0.333. The second-order valence-electron chi connectivity index (χ2n) is 5.03. The van der Waals surface area contributed by atoms with Crippen molar-refractivity contribution in [1.29, 1.82) is 5.26 Å². The van der Waals surface area contributed by atoms with Crippen LogP contribution in [-0.4, -0.2) is 31.9 Å². The van der Waals surface area contributed by atoms with Crippen molar-refractivity contribution < 1.29 is 13.2 Å². The molecule has 0 saturated carbocycles. The zero-order chi connectivity index (χ0) is 15.3. The van der Waals surface area contributed by atoms with Gasteiger partial charge in [-0.1, -0.05) is 12.1 Å². The zero-order valence-corrected chi connectivity index (χ0v) is 12.3. The largest absolute Gasteiger partial charge is 0.349 e. The molecule has 0 aliphatic carbocycles. The fourth-order valence-electron chi connectivity index (χ4n) is 2.27. The molecule has 1 aromatic rings. The summed E-state index contributed by atoms with van der Waals surface area (Å²) < 4.78 is 23.0. The van der Waals surface area contributed by atoms with Crippen LogP contribution < -0.4 is 5.32 Å². The first kappa shape index (κ1) is 15.3. The van der Waals surface area contributed by atoms with Gasteiger partial charge in [0.2, 0.25) is 5.91 Å². The first-order valence-electron chi connectivity index (χ1n) is 6.68. The molecule has 1 aromatic carbocycles. The Bertz CT molecular complexity index is 702. The molecule has 1 aliphatic heterocycles. The van der Waals surface area contributed by atoms with Gasteiger partial charge in [-0.25, -0.2) is 8.42 Å². The highest BCUT2D eigenvalue weighted by atomic mass is 32.2. The van der Waals surface area contributed by atoms with Crippen molar-refractivity contribution in [3.05, 3.63) is 41.5 Å². The first-order chi connectivity index (χ1) is 9.98. The van der Waals surface area contributed by atoms with E-state index in [4.69, 9.17) is 5.26 Å². The summed E-state index contributed by atoms with van der Waals surface area (Å²) in [6.45, 7) is 0. The summed E-state index contributed by atoms with van der Waals surface area (Å²) in [6, 6.07) is 8.60. The van der Waals surface area contributed by atoms with Crippen molar-refractivity contribution >= 4 is 21.8 Å². The van der Waals surface area contributed by atoms with E-state index in [1.165, 1.54) is 6.08 Å². The highest BCUT2D eigenvalue weighted by Gasteiger charge is 2.25. The van der Waals surface area contributed by atoms with Crippen LogP contribution in [0.4, 0.5) is 0 Å². The zero-order valence-electron chi connectivity index (χ0n) is 11.5. The van der Waals surface area contributed by atoms with E-state index in [1.54, 1.807) is 30.3 Å². The Morgan fingerprint density at radius 3 is 2.95 bits per heavy atom. The Balaban J connectivity index is 1.95. The van der Waals surface area contributed by atoms with Gasteiger partial charge >= 0.3 is 0 Å². The second-order valence-corrected chi connectivity index (χ2v) is 7.26. The normalized spacial score (nSPS) is 20.8. The molecule has 6 heteroatoms. The molecule has 0 radical (unpaired) electrons. The average Bonchev–Trinajstić information content (AvgIpc) is 2.44. The van der Waals surface area contributed by atoms with E-state index in [-0.39, 0.29) is 23.5 Å². The number of carbonyl (C=O) groups excluding carboxylic acids is 1. The minimum atomic E-state index is -3.03. The fourth-order valence-corrected chi connectivity index (χ4v) is 3.91. The van der Waals surface area contributed by atoms with E-state index < -0.39 is 9.84 Å². The molecule has 110 valence electrons. The number of sulfone groups is 1. The Morgan fingerprint density at radius 2 is 2.24 bits per heavy atom. The minimum absolute atomic E-state index is 0.0104. The van der Waals surface area contributed by atoms with E-state index >= 15 is 0 Å². The Labute approximate surface area is 124 Å². The predicted octanol–water partition coefficient (Wildman–Crippen LogP) is 1.26. The lowest BCUT2D eigenvalue weighted by Gasteiger charge is -2.22. The molecule has 1 saturated heterocycles. The topological polar surface area (TPSA) is 87.0 Å². The van der Waals surface area contributed by atoms with Gasteiger partial charge in [0, 0.05) is 12.1 Å². The molecule has 0 bridgehead atoms. The monoisotopic (exact) mass is 304 g/mol. The van der Waals surface area contributed by atoms with Gasteiger partial charge in [0.15, 0.2) is 9.84 Å². The predicted molar refractivity (Wildman–Crippen MR) is 80.0 cm³/mol. The maximum atomic E-state index is 11.8. The molecule has 0 aromatic heterocycles. The molecular formula is C15H16N2O3S. The number of amides is 1. The van der Waals surface area contributed by atoms with Crippen molar-refractivity contribution in [1.82, 2.24) is 5.32 Å². The molecule has 1 aliphatic rings. The quantitative estimate of drug-likeness (QED) is 0.852. The van der Waals surface area contributed by atoms with Crippen LogP contribution >= 0.6 is 0 Å². The van der Waals surface area contributed by atoms with Crippen LogP contribution in [0.2, 0.25) is 0 Å². The number of hydrogen-bond donors (Lipinski definition) is 1. The molecular weight excluding hydrogens is 288 g/mol. The van der Waals surface area contributed by atoms with E-state index in [1.807, 2.05) is 6.07 Å². The molecule has 1 N–H and O–H groups in total. The van der Waals surface area contributed by atoms with Gasteiger partial charge in [0.25, 0.3) is 0 Å². The highest BCUT2D eigenvalue weighted by molar-refractivity contribution is 7.91. The van der Waals surface area contributed by atoms with Crippen molar-refractivity contribution in [2.75, 3.05) is 11.5 Å². The van der Waals surface area contributed by atoms with Crippen molar-refractivity contribution in [3.63, 3.8) is 0 Å². The number of nitrogens with one attached hydrogen (secondary N) is 1. The number of nitriles is 1. The van der Waals surface area contributed by atoms with Gasteiger partial charge in [-0.3, -0.25) is 4.79 Å². The van der Waals surface area contributed by atoms with Gasteiger partial charge in [-0.2, -0.15) is 5.26 Å². The Hall–Kier alpha value is -2.13. The van der Waals surface area contributed by atoms with E-state index in [2.05, 4.69) is 5.32 Å². The van der Waals surface area contributed by atoms with Crippen molar-refractivity contribution in [2.24, 2.45) is 0 Å². The molecule has 2 rings (SSSR count). The van der Waals surface area contributed by atoms with Gasteiger partial charge in [0.05, 0.1) is 23.1 Å². The molecule has 0 spiro atoms. The van der Waals surface area contributed by atoms with E-state index in [9.17, 15) is 13.2 Å². The number of carbonyl (C=O) groups is 1. The molecule has 1 atom stereocenters. The third kappa shape index (κ3) is 4.72.